The molecule has 0 unspecified atom stereocenters. The minimum absolute atomic E-state index is 0.127. The average Bonchev–Trinajstić information content (AvgIpc) is 3.31. The summed E-state index contributed by atoms with van der Waals surface area (Å²) >= 11 is 0. The number of anilines is 1. The fourth-order valence-corrected chi connectivity index (χ4v) is 3.38. The van der Waals surface area contributed by atoms with Gasteiger partial charge < -0.3 is 14.5 Å². The van der Waals surface area contributed by atoms with E-state index in [0.717, 1.165) is 11.1 Å². The molecule has 2 aromatic heterocycles. The van der Waals surface area contributed by atoms with Crippen LogP contribution in [0.2, 0.25) is 0 Å². The molecule has 0 radical (unpaired) electrons. The van der Waals surface area contributed by atoms with Gasteiger partial charge in [-0.05, 0) is 54.6 Å². The minimum atomic E-state index is -0.424. The zero-order valence-electron chi connectivity index (χ0n) is 18.0. The second-order valence-electron chi connectivity index (χ2n) is 7.46. The number of para-hydroxylation sites is 3. The van der Waals surface area contributed by atoms with Crippen LogP contribution in [0, 0.1) is 0 Å². The predicted octanol–water partition coefficient (Wildman–Crippen LogP) is 4.38. The first-order valence-electron chi connectivity index (χ1n) is 10.7. The van der Waals surface area contributed by atoms with Crippen molar-refractivity contribution in [2.24, 2.45) is 0 Å². The number of nitrogens with one attached hydrogen (secondary N) is 1. The van der Waals surface area contributed by atoms with Gasteiger partial charge in [0.05, 0.1) is 6.54 Å². The molecule has 3 aromatic carbocycles. The lowest BCUT2D eigenvalue weighted by atomic mass is 10.2. The van der Waals surface area contributed by atoms with Crippen molar-refractivity contribution in [2.75, 3.05) is 11.9 Å². The molecular formula is C26H20N4O4. The largest absolute Gasteiger partial charge is 0.492 e. The van der Waals surface area contributed by atoms with Gasteiger partial charge >= 0.3 is 0 Å². The topological polar surface area (TPSA) is 99.2 Å². The van der Waals surface area contributed by atoms with E-state index in [0.29, 0.717) is 22.9 Å². The molecule has 5 aromatic rings. The van der Waals surface area contributed by atoms with Gasteiger partial charge in [-0.1, -0.05) is 30.3 Å². The number of benzene rings is 3. The molecule has 0 saturated heterocycles. The first-order valence-corrected chi connectivity index (χ1v) is 10.7. The Bertz CT molecular complexity index is 1460. The number of nitrogens with zero attached hydrogens (tertiary/aromatic N) is 3. The number of carbonyl (C=O) groups excluding carboxylic acids is 1. The van der Waals surface area contributed by atoms with E-state index < -0.39 is 5.91 Å². The van der Waals surface area contributed by atoms with Gasteiger partial charge in [0.15, 0.2) is 5.58 Å². The molecule has 1 amide bonds. The highest BCUT2D eigenvalue weighted by atomic mass is 16.5. The molecule has 0 fully saturated rings. The number of carbonyl (C=O) groups is 1. The molecule has 0 aliphatic heterocycles. The molecule has 0 aliphatic carbocycles. The van der Waals surface area contributed by atoms with E-state index in [9.17, 15) is 9.59 Å². The van der Waals surface area contributed by atoms with E-state index in [1.54, 1.807) is 12.1 Å². The number of hydrogen-bond donors (Lipinski definition) is 1. The summed E-state index contributed by atoms with van der Waals surface area (Å²) in [5.41, 5.74) is 2.69. The highest BCUT2D eigenvalue weighted by molar-refractivity contribution is 6.02. The summed E-state index contributed by atoms with van der Waals surface area (Å²) < 4.78 is 12.6. The number of amides is 1. The van der Waals surface area contributed by atoms with Crippen molar-refractivity contribution in [1.82, 2.24) is 14.8 Å². The van der Waals surface area contributed by atoms with Crippen molar-refractivity contribution in [3.63, 3.8) is 0 Å². The molecule has 0 bridgehead atoms. The summed E-state index contributed by atoms with van der Waals surface area (Å²) in [5, 5.41) is 6.97. The fraction of sp³-hybridized carbons (Fsp3) is 0.0769. The van der Waals surface area contributed by atoms with Crippen molar-refractivity contribution < 1.29 is 13.9 Å². The van der Waals surface area contributed by atoms with Crippen LogP contribution >= 0.6 is 0 Å². The van der Waals surface area contributed by atoms with Gasteiger partial charge in [0.1, 0.15) is 23.6 Å². The van der Waals surface area contributed by atoms with E-state index >= 15 is 0 Å². The molecule has 2 heterocycles. The second-order valence-corrected chi connectivity index (χ2v) is 7.46. The molecule has 8 heteroatoms. The molecule has 34 heavy (non-hydrogen) atoms. The Morgan fingerprint density at radius 2 is 1.68 bits per heavy atom. The Labute approximate surface area is 194 Å². The van der Waals surface area contributed by atoms with Crippen molar-refractivity contribution in [2.45, 2.75) is 6.54 Å². The fourth-order valence-electron chi connectivity index (χ4n) is 3.38. The lowest BCUT2D eigenvalue weighted by Crippen LogP contribution is -2.28. The number of ether oxygens (including phenoxy) is 1. The van der Waals surface area contributed by atoms with Crippen molar-refractivity contribution >= 4 is 22.7 Å². The van der Waals surface area contributed by atoms with E-state index in [1.165, 1.54) is 16.8 Å². The SMILES string of the molecule is O=C(Nc1ccc(-c2nc3ccccc3o2)cc1)c1ccc(=O)n(CCOc2ccccc2)n1. The Kier molecular flexibility index (Phi) is 5.85. The van der Waals surface area contributed by atoms with Crippen LogP contribution < -0.4 is 15.6 Å². The van der Waals surface area contributed by atoms with Gasteiger partial charge in [0.2, 0.25) is 5.89 Å². The third-order valence-corrected chi connectivity index (χ3v) is 5.10. The number of aromatic nitrogens is 3. The van der Waals surface area contributed by atoms with Crippen molar-refractivity contribution in [3.05, 3.63) is 107 Å². The molecule has 168 valence electrons. The molecular weight excluding hydrogens is 432 g/mol. The van der Waals surface area contributed by atoms with Gasteiger partial charge in [-0.3, -0.25) is 9.59 Å². The maximum absolute atomic E-state index is 12.7. The first kappa shape index (κ1) is 21.1. The van der Waals surface area contributed by atoms with Crippen LogP contribution in [0.4, 0.5) is 5.69 Å². The zero-order chi connectivity index (χ0) is 23.3. The minimum Gasteiger partial charge on any atom is -0.492 e. The summed E-state index contributed by atoms with van der Waals surface area (Å²) in [4.78, 5) is 29.3. The number of hydrogen-bond acceptors (Lipinski definition) is 6. The van der Waals surface area contributed by atoms with Gasteiger partial charge in [-0.2, -0.15) is 5.10 Å². The number of oxazole rings is 1. The molecule has 0 saturated carbocycles. The average molecular weight is 452 g/mol. The molecule has 1 N–H and O–H groups in total. The summed E-state index contributed by atoms with van der Waals surface area (Å²) in [7, 11) is 0. The lowest BCUT2D eigenvalue weighted by molar-refractivity contribution is 0.101. The molecule has 5 rings (SSSR count). The standard InChI is InChI=1S/C26H20N4O4/c31-24-15-14-22(29-30(24)16-17-33-20-6-2-1-3-7-20)25(32)27-19-12-10-18(11-13-19)26-28-21-8-4-5-9-23(21)34-26/h1-15H,16-17H2,(H,27,32). The van der Waals surface area contributed by atoms with Gasteiger partial charge in [0, 0.05) is 17.3 Å². The van der Waals surface area contributed by atoms with Crippen LogP contribution in [0.25, 0.3) is 22.6 Å². The predicted molar refractivity (Wildman–Crippen MR) is 128 cm³/mol. The van der Waals surface area contributed by atoms with Crippen LogP contribution in [-0.2, 0) is 6.54 Å². The summed E-state index contributed by atoms with van der Waals surface area (Å²) in [6.07, 6.45) is 0. The summed E-state index contributed by atoms with van der Waals surface area (Å²) in [6, 6.07) is 26.7. The van der Waals surface area contributed by atoms with Crippen LogP contribution in [0.5, 0.6) is 5.75 Å². The normalized spacial score (nSPS) is 10.8. The summed E-state index contributed by atoms with van der Waals surface area (Å²) in [6.45, 7) is 0.466. The quantitative estimate of drug-likeness (QED) is 0.393. The van der Waals surface area contributed by atoms with E-state index in [2.05, 4.69) is 15.4 Å². The zero-order valence-corrected chi connectivity index (χ0v) is 18.0. The van der Waals surface area contributed by atoms with Crippen molar-refractivity contribution in [3.8, 4) is 17.2 Å². The maximum atomic E-state index is 12.7. The Morgan fingerprint density at radius 1 is 0.912 bits per heavy atom. The second kappa shape index (κ2) is 9.41. The number of rotatable bonds is 7. The Balaban J connectivity index is 1.24. The van der Waals surface area contributed by atoms with Crippen LogP contribution in [0.3, 0.4) is 0 Å². The molecule has 8 nitrogen and oxygen atoms in total. The Morgan fingerprint density at radius 3 is 2.47 bits per heavy atom. The monoisotopic (exact) mass is 452 g/mol. The molecule has 0 atom stereocenters. The van der Waals surface area contributed by atoms with Crippen LogP contribution in [0.15, 0.2) is 100 Å². The van der Waals surface area contributed by atoms with E-state index in [-0.39, 0.29) is 24.4 Å². The smallest absolute Gasteiger partial charge is 0.276 e. The first-order chi connectivity index (χ1) is 16.7. The van der Waals surface area contributed by atoms with Gasteiger partial charge in [-0.25, -0.2) is 9.67 Å². The number of fused-ring (bicyclic) bond motifs is 1. The van der Waals surface area contributed by atoms with Crippen molar-refractivity contribution in [1.29, 1.82) is 0 Å². The highest BCUT2D eigenvalue weighted by Gasteiger charge is 2.12. The third-order valence-electron chi connectivity index (χ3n) is 5.10. The third kappa shape index (κ3) is 4.71. The lowest BCUT2D eigenvalue weighted by Gasteiger charge is -2.09. The highest BCUT2D eigenvalue weighted by Crippen LogP contribution is 2.25. The Hall–Kier alpha value is -4.72. The van der Waals surface area contributed by atoms with E-state index in [4.69, 9.17) is 9.15 Å². The maximum Gasteiger partial charge on any atom is 0.276 e. The summed E-state index contributed by atoms with van der Waals surface area (Å²) in [5.74, 6) is 0.781. The van der Waals surface area contributed by atoms with Crippen LogP contribution in [0.1, 0.15) is 10.5 Å². The van der Waals surface area contributed by atoms with Crippen LogP contribution in [-0.4, -0.2) is 27.3 Å². The van der Waals surface area contributed by atoms with Gasteiger partial charge in [-0.15, -0.1) is 0 Å². The molecule has 0 aliphatic rings. The van der Waals surface area contributed by atoms with E-state index in [1.807, 2.05) is 66.7 Å². The molecule has 0 spiro atoms. The van der Waals surface area contributed by atoms with Gasteiger partial charge in [0.25, 0.3) is 11.5 Å².